The van der Waals surface area contributed by atoms with Gasteiger partial charge < -0.3 is 10.6 Å². The van der Waals surface area contributed by atoms with E-state index in [2.05, 4.69) is 15.6 Å². The van der Waals surface area contributed by atoms with E-state index >= 15 is 0 Å². The lowest BCUT2D eigenvalue weighted by molar-refractivity contribution is -0.117. The van der Waals surface area contributed by atoms with Gasteiger partial charge in [0, 0.05) is 30.1 Å². The summed E-state index contributed by atoms with van der Waals surface area (Å²) in [7, 11) is -3.56. The van der Waals surface area contributed by atoms with Gasteiger partial charge in [-0.2, -0.15) is 4.31 Å². The zero-order chi connectivity index (χ0) is 21.1. The molecule has 2 fully saturated rings. The summed E-state index contributed by atoms with van der Waals surface area (Å²) in [6.45, 7) is 1.06. The Morgan fingerprint density at radius 3 is 2.63 bits per heavy atom. The fourth-order valence-electron chi connectivity index (χ4n) is 3.36. The van der Waals surface area contributed by atoms with Crippen LogP contribution in [0.15, 0.2) is 34.5 Å². The molecule has 1 aliphatic carbocycles. The third-order valence-electron chi connectivity index (χ3n) is 5.14. The molecule has 0 bridgehead atoms. The van der Waals surface area contributed by atoms with Crippen molar-refractivity contribution < 1.29 is 18.0 Å². The van der Waals surface area contributed by atoms with Gasteiger partial charge in [-0.15, -0.1) is 11.3 Å². The van der Waals surface area contributed by atoms with Crippen molar-refractivity contribution in [3.63, 3.8) is 0 Å². The van der Waals surface area contributed by atoms with Gasteiger partial charge in [-0.25, -0.2) is 13.4 Å². The Kier molecular flexibility index (Phi) is 6.16. The smallest absolute Gasteiger partial charge is 0.243 e. The molecule has 30 heavy (non-hydrogen) atoms. The first-order valence-electron chi connectivity index (χ1n) is 10.1. The van der Waals surface area contributed by atoms with E-state index < -0.39 is 10.0 Å². The number of thiazole rings is 1. The summed E-state index contributed by atoms with van der Waals surface area (Å²) in [5, 5.41) is 7.73. The van der Waals surface area contributed by atoms with Gasteiger partial charge in [0.1, 0.15) is 0 Å². The first kappa shape index (κ1) is 21.0. The summed E-state index contributed by atoms with van der Waals surface area (Å²) in [6, 6.07) is 6.33. The molecule has 1 aromatic carbocycles. The van der Waals surface area contributed by atoms with Crippen LogP contribution in [0.3, 0.4) is 0 Å². The molecular weight excluding hydrogens is 424 g/mol. The molecule has 0 atom stereocenters. The predicted molar refractivity (Wildman–Crippen MR) is 115 cm³/mol. The second-order valence-corrected chi connectivity index (χ2v) is 10.4. The van der Waals surface area contributed by atoms with E-state index in [1.54, 1.807) is 23.6 Å². The van der Waals surface area contributed by atoms with Crippen molar-refractivity contribution in [3.8, 4) is 0 Å². The number of benzene rings is 1. The Hall–Kier alpha value is -2.30. The maximum Gasteiger partial charge on any atom is 0.243 e. The molecule has 2 aromatic rings. The lowest BCUT2D eigenvalue weighted by Crippen LogP contribution is -2.35. The molecule has 0 radical (unpaired) electrons. The average molecular weight is 449 g/mol. The molecule has 160 valence electrons. The lowest BCUT2D eigenvalue weighted by atomic mass is 10.2. The quantitative estimate of drug-likeness (QED) is 0.677. The summed E-state index contributed by atoms with van der Waals surface area (Å²) in [5.41, 5.74) is 0.983. The Morgan fingerprint density at radius 2 is 1.90 bits per heavy atom. The number of hydrogen-bond donors (Lipinski definition) is 2. The summed E-state index contributed by atoms with van der Waals surface area (Å²) >= 11 is 1.29. The van der Waals surface area contributed by atoms with E-state index in [1.165, 1.54) is 21.7 Å². The van der Waals surface area contributed by atoms with Crippen LogP contribution in [0.2, 0.25) is 0 Å². The van der Waals surface area contributed by atoms with Crippen LogP contribution in [0.4, 0.5) is 10.8 Å². The Balaban J connectivity index is 1.37. The van der Waals surface area contributed by atoms with Gasteiger partial charge in [-0.3, -0.25) is 9.59 Å². The van der Waals surface area contributed by atoms with Crippen molar-refractivity contribution in [2.75, 3.05) is 23.7 Å². The van der Waals surface area contributed by atoms with E-state index in [0.29, 0.717) is 29.6 Å². The Morgan fingerprint density at radius 1 is 1.13 bits per heavy atom. The minimum absolute atomic E-state index is 0.0212. The molecule has 10 heteroatoms. The van der Waals surface area contributed by atoms with E-state index in [0.717, 1.165) is 32.1 Å². The van der Waals surface area contributed by atoms with Crippen molar-refractivity contribution in [1.29, 1.82) is 0 Å². The average Bonchev–Trinajstić information content (AvgIpc) is 3.50. The fourth-order valence-corrected chi connectivity index (χ4v) is 5.63. The van der Waals surface area contributed by atoms with Crippen LogP contribution in [0, 0.1) is 5.92 Å². The van der Waals surface area contributed by atoms with Gasteiger partial charge in [0.05, 0.1) is 17.0 Å². The van der Waals surface area contributed by atoms with E-state index in [1.807, 2.05) is 0 Å². The van der Waals surface area contributed by atoms with Crippen molar-refractivity contribution in [2.45, 2.75) is 43.4 Å². The summed E-state index contributed by atoms with van der Waals surface area (Å²) < 4.78 is 27.2. The number of amides is 2. The number of nitrogens with one attached hydrogen (secondary N) is 2. The molecule has 0 spiro atoms. The van der Waals surface area contributed by atoms with E-state index in [9.17, 15) is 18.0 Å². The lowest BCUT2D eigenvalue weighted by Gasteiger charge is -2.26. The number of rotatable bonds is 7. The van der Waals surface area contributed by atoms with Crippen molar-refractivity contribution in [3.05, 3.63) is 35.3 Å². The van der Waals surface area contributed by atoms with Gasteiger partial charge in [0.2, 0.25) is 21.8 Å². The number of carbonyl (C=O) groups is 2. The molecule has 1 saturated carbocycles. The third kappa shape index (κ3) is 5.05. The second kappa shape index (κ2) is 8.83. The van der Waals surface area contributed by atoms with Crippen LogP contribution in [0.1, 0.15) is 37.8 Å². The highest BCUT2D eigenvalue weighted by Gasteiger charge is 2.30. The van der Waals surface area contributed by atoms with Crippen molar-refractivity contribution in [2.24, 2.45) is 5.92 Å². The monoisotopic (exact) mass is 448 g/mol. The standard InChI is InChI=1S/C20H24N4O4S2/c25-18(12-16-13-29-20(22-16)23-19(26)14-7-8-14)21-15-5-4-6-17(11-15)30(27,28)24-9-2-1-3-10-24/h4-6,11,13-14H,1-3,7-10,12H2,(H,21,25)(H,22,23,26). The fraction of sp³-hybridized carbons (Fsp3) is 0.450. The minimum Gasteiger partial charge on any atom is -0.326 e. The highest BCUT2D eigenvalue weighted by molar-refractivity contribution is 7.89. The number of piperidine rings is 1. The molecule has 1 aliphatic heterocycles. The molecule has 4 rings (SSSR count). The number of hydrogen-bond acceptors (Lipinski definition) is 6. The molecule has 8 nitrogen and oxygen atoms in total. The summed E-state index contributed by atoms with van der Waals surface area (Å²) in [5.74, 6) is -0.228. The molecule has 2 aliphatic rings. The normalized spacial score (nSPS) is 17.5. The van der Waals surface area contributed by atoms with Gasteiger partial charge in [0.25, 0.3) is 0 Å². The highest BCUT2D eigenvalue weighted by Crippen LogP contribution is 2.30. The molecule has 1 saturated heterocycles. The highest BCUT2D eigenvalue weighted by atomic mass is 32.2. The number of anilines is 2. The largest absolute Gasteiger partial charge is 0.326 e. The van der Waals surface area contributed by atoms with Gasteiger partial charge in [0.15, 0.2) is 5.13 Å². The number of nitrogens with zero attached hydrogens (tertiary/aromatic N) is 2. The minimum atomic E-state index is -3.56. The first-order valence-corrected chi connectivity index (χ1v) is 12.4. The van der Waals surface area contributed by atoms with Crippen LogP contribution in [-0.2, 0) is 26.0 Å². The van der Waals surface area contributed by atoms with Crippen LogP contribution in [-0.4, -0.2) is 42.6 Å². The van der Waals surface area contributed by atoms with Crippen LogP contribution in [0.5, 0.6) is 0 Å². The molecule has 2 amide bonds. The molecule has 2 heterocycles. The summed E-state index contributed by atoms with van der Waals surface area (Å²) in [6.07, 6.45) is 4.65. The second-order valence-electron chi connectivity index (χ2n) is 7.63. The van der Waals surface area contributed by atoms with Crippen LogP contribution < -0.4 is 10.6 Å². The number of aromatic nitrogens is 1. The molecular formula is C20H24N4O4S2. The number of carbonyl (C=O) groups excluding carboxylic acids is 2. The Labute approximate surface area is 179 Å². The maximum absolute atomic E-state index is 12.8. The summed E-state index contributed by atoms with van der Waals surface area (Å²) in [4.78, 5) is 28.7. The zero-order valence-corrected chi connectivity index (χ0v) is 18.1. The third-order valence-corrected chi connectivity index (χ3v) is 7.84. The van der Waals surface area contributed by atoms with Gasteiger partial charge in [-0.1, -0.05) is 12.5 Å². The van der Waals surface area contributed by atoms with Gasteiger partial charge >= 0.3 is 0 Å². The topological polar surface area (TPSA) is 108 Å². The molecule has 0 unspecified atom stereocenters. The van der Waals surface area contributed by atoms with Crippen LogP contribution in [0.25, 0.3) is 0 Å². The zero-order valence-electron chi connectivity index (χ0n) is 16.5. The van der Waals surface area contributed by atoms with E-state index in [4.69, 9.17) is 0 Å². The first-order chi connectivity index (χ1) is 14.4. The maximum atomic E-state index is 12.8. The molecule has 2 N–H and O–H groups in total. The van der Waals surface area contributed by atoms with Gasteiger partial charge in [-0.05, 0) is 43.9 Å². The van der Waals surface area contributed by atoms with Crippen molar-refractivity contribution >= 4 is 44.0 Å². The van der Waals surface area contributed by atoms with E-state index in [-0.39, 0.29) is 29.0 Å². The number of sulfonamides is 1. The van der Waals surface area contributed by atoms with Crippen molar-refractivity contribution in [1.82, 2.24) is 9.29 Å². The molecule has 1 aromatic heterocycles. The SMILES string of the molecule is O=C(Cc1csc(NC(=O)C2CC2)n1)Nc1cccc(S(=O)(=O)N2CCCCC2)c1. The Bertz CT molecular complexity index is 1040. The predicted octanol–water partition coefficient (Wildman–Crippen LogP) is 2.85. The van der Waals surface area contributed by atoms with Crippen LogP contribution >= 0.6 is 11.3 Å².